The van der Waals surface area contributed by atoms with Crippen LogP contribution in [0.3, 0.4) is 0 Å². The molecule has 5 nitrogen and oxygen atoms in total. The zero-order valence-electron chi connectivity index (χ0n) is 14.3. The SMILES string of the molecule is COc1ccc(C2CC(c3cc(C)c(C)c(OC)c3)=NO2)cc1O. The molecule has 5 heteroatoms. The highest BCUT2D eigenvalue weighted by molar-refractivity contribution is 6.02. The van der Waals surface area contributed by atoms with E-state index in [2.05, 4.69) is 18.1 Å². The van der Waals surface area contributed by atoms with Crippen LogP contribution in [0.5, 0.6) is 17.2 Å². The highest BCUT2D eigenvalue weighted by Gasteiger charge is 2.25. The van der Waals surface area contributed by atoms with Crippen LogP contribution < -0.4 is 9.47 Å². The Bertz CT molecular complexity index is 798. The topological polar surface area (TPSA) is 60.3 Å². The predicted molar refractivity (Wildman–Crippen MR) is 92.1 cm³/mol. The number of phenols is 1. The van der Waals surface area contributed by atoms with E-state index >= 15 is 0 Å². The minimum absolute atomic E-state index is 0.0971. The molecule has 1 atom stereocenters. The van der Waals surface area contributed by atoms with Gasteiger partial charge in [-0.3, -0.25) is 0 Å². The van der Waals surface area contributed by atoms with E-state index in [1.807, 2.05) is 19.1 Å². The minimum Gasteiger partial charge on any atom is -0.504 e. The van der Waals surface area contributed by atoms with Gasteiger partial charge in [-0.2, -0.15) is 0 Å². The van der Waals surface area contributed by atoms with Crippen molar-refractivity contribution in [3.63, 3.8) is 0 Å². The van der Waals surface area contributed by atoms with E-state index in [4.69, 9.17) is 14.3 Å². The van der Waals surface area contributed by atoms with Crippen molar-refractivity contribution in [3.8, 4) is 17.2 Å². The lowest BCUT2D eigenvalue weighted by atomic mass is 9.97. The number of benzene rings is 2. The zero-order valence-corrected chi connectivity index (χ0v) is 14.3. The normalized spacial score (nSPS) is 16.5. The van der Waals surface area contributed by atoms with Gasteiger partial charge in [0, 0.05) is 12.0 Å². The molecule has 2 aromatic rings. The lowest BCUT2D eigenvalue weighted by molar-refractivity contribution is 0.0855. The second-order valence-electron chi connectivity index (χ2n) is 5.89. The van der Waals surface area contributed by atoms with E-state index in [1.165, 1.54) is 7.11 Å². The first-order valence-corrected chi connectivity index (χ1v) is 7.78. The summed E-state index contributed by atoms with van der Waals surface area (Å²) >= 11 is 0. The Hall–Kier alpha value is -2.69. The maximum atomic E-state index is 9.94. The molecular weight excluding hydrogens is 306 g/mol. The van der Waals surface area contributed by atoms with E-state index in [0.29, 0.717) is 12.2 Å². The standard InChI is InChI=1S/C19H21NO4/c1-11-7-14(9-18(23-4)12(11)2)15-10-19(24-20-15)13-5-6-17(22-3)16(21)8-13/h5-9,19,21H,10H2,1-4H3. The van der Waals surface area contributed by atoms with Crippen LogP contribution >= 0.6 is 0 Å². The quantitative estimate of drug-likeness (QED) is 0.925. The number of rotatable bonds is 4. The fourth-order valence-corrected chi connectivity index (χ4v) is 2.84. The Morgan fingerprint density at radius 2 is 1.83 bits per heavy atom. The zero-order chi connectivity index (χ0) is 17.3. The first-order chi connectivity index (χ1) is 11.5. The molecule has 1 heterocycles. The van der Waals surface area contributed by atoms with Gasteiger partial charge in [-0.25, -0.2) is 0 Å². The first-order valence-electron chi connectivity index (χ1n) is 7.78. The van der Waals surface area contributed by atoms with Crippen molar-refractivity contribution in [1.29, 1.82) is 0 Å². The molecule has 0 aliphatic carbocycles. The van der Waals surface area contributed by atoms with E-state index in [-0.39, 0.29) is 11.9 Å². The van der Waals surface area contributed by atoms with Gasteiger partial charge in [0.05, 0.1) is 19.9 Å². The molecular formula is C19H21NO4. The molecule has 24 heavy (non-hydrogen) atoms. The largest absolute Gasteiger partial charge is 0.504 e. The van der Waals surface area contributed by atoms with Crippen molar-refractivity contribution >= 4 is 5.71 Å². The fraction of sp³-hybridized carbons (Fsp3) is 0.316. The molecule has 1 unspecified atom stereocenters. The Labute approximate surface area is 141 Å². The lowest BCUT2D eigenvalue weighted by Crippen LogP contribution is -2.03. The number of phenolic OH excluding ortho intramolecular Hbond substituents is 1. The summed E-state index contributed by atoms with van der Waals surface area (Å²) in [5.41, 5.74) is 5.00. The molecule has 0 bridgehead atoms. The third kappa shape index (κ3) is 2.89. The van der Waals surface area contributed by atoms with Gasteiger partial charge < -0.3 is 19.4 Å². The molecule has 0 radical (unpaired) electrons. The lowest BCUT2D eigenvalue weighted by Gasteiger charge is -2.12. The second kappa shape index (κ2) is 6.43. The van der Waals surface area contributed by atoms with Crippen molar-refractivity contribution < 1.29 is 19.4 Å². The summed E-state index contributed by atoms with van der Waals surface area (Å²) in [5.74, 6) is 1.38. The molecule has 0 aromatic heterocycles. The monoisotopic (exact) mass is 327 g/mol. The Morgan fingerprint density at radius 1 is 1.08 bits per heavy atom. The Morgan fingerprint density at radius 3 is 2.50 bits per heavy atom. The highest BCUT2D eigenvalue weighted by Crippen LogP contribution is 2.35. The van der Waals surface area contributed by atoms with Crippen molar-refractivity contribution in [2.45, 2.75) is 26.4 Å². The van der Waals surface area contributed by atoms with E-state index < -0.39 is 0 Å². The fourth-order valence-electron chi connectivity index (χ4n) is 2.84. The Kier molecular flexibility index (Phi) is 4.34. The molecule has 0 saturated carbocycles. The van der Waals surface area contributed by atoms with Crippen LogP contribution in [0.1, 0.15) is 34.8 Å². The average Bonchev–Trinajstić information content (AvgIpc) is 3.07. The Balaban J connectivity index is 1.83. The van der Waals surface area contributed by atoms with Crippen LogP contribution in [0.25, 0.3) is 0 Å². The summed E-state index contributed by atoms with van der Waals surface area (Å²) in [4.78, 5) is 5.57. The number of ether oxygens (including phenoxy) is 2. The van der Waals surface area contributed by atoms with Gasteiger partial charge >= 0.3 is 0 Å². The molecule has 1 N–H and O–H groups in total. The van der Waals surface area contributed by atoms with Gasteiger partial charge in [0.2, 0.25) is 0 Å². The second-order valence-corrected chi connectivity index (χ2v) is 5.89. The summed E-state index contributed by atoms with van der Waals surface area (Å²) in [6.07, 6.45) is 0.418. The smallest absolute Gasteiger partial charge is 0.160 e. The number of aryl methyl sites for hydroxylation is 1. The van der Waals surface area contributed by atoms with Gasteiger partial charge in [-0.15, -0.1) is 0 Å². The summed E-state index contributed by atoms with van der Waals surface area (Å²) in [5, 5.41) is 14.2. The van der Waals surface area contributed by atoms with Gasteiger partial charge in [0.1, 0.15) is 5.75 Å². The average molecular weight is 327 g/mol. The molecule has 0 saturated heterocycles. The van der Waals surface area contributed by atoms with Crippen molar-refractivity contribution in [2.24, 2.45) is 5.16 Å². The minimum atomic E-state index is -0.218. The number of nitrogens with zero attached hydrogens (tertiary/aromatic N) is 1. The molecule has 0 amide bonds. The van der Waals surface area contributed by atoms with Gasteiger partial charge in [0.15, 0.2) is 17.6 Å². The van der Waals surface area contributed by atoms with Crippen LogP contribution in [-0.4, -0.2) is 25.0 Å². The molecule has 2 aromatic carbocycles. The molecule has 3 rings (SSSR count). The molecule has 0 fully saturated rings. The first kappa shape index (κ1) is 16.2. The maximum Gasteiger partial charge on any atom is 0.160 e. The summed E-state index contributed by atoms with van der Waals surface area (Å²) in [7, 11) is 3.19. The molecule has 1 aliphatic rings. The van der Waals surface area contributed by atoms with Crippen LogP contribution in [-0.2, 0) is 4.84 Å². The van der Waals surface area contributed by atoms with Crippen molar-refractivity contribution in [2.75, 3.05) is 14.2 Å². The maximum absolute atomic E-state index is 9.94. The summed E-state index contributed by atoms with van der Waals surface area (Å²) in [6, 6.07) is 9.34. The van der Waals surface area contributed by atoms with Crippen LogP contribution in [0, 0.1) is 13.8 Å². The van der Waals surface area contributed by atoms with Crippen molar-refractivity contribution in [3.05, 3.63) is 52.6 Å². The highest BCUT2D eigenvalue weighted by atomic mass is 16.6. The number of hydrogen-bond donors (Lipinski definition) is 1. The van der Waals surface area contributed by atoms with E-state index in [9.17, 15) is 5.11 Å². The van der Waals surface area contributed by atoms with Crippen LogP contribution in [0.4, 0.5) is 0 Å². The van der Waals surface area contributed by atoms with Gasteiger partial charge in [-0.05, 0) is 54.8 Å². The number of aromatic hydroxyl groups is 1. The van der Waals surface area contributed by atoms with Crippen LogP contribution in [0.2, 0.25) is 0 Å². The number of oxime groups is 1. The third-order valence-electron chi connectivity index (χ3n) is 4.42. The molecule has 1 aliphatic heterocycles. The summed E-state index contributed by atoms with van der Waals surface area (Å²) in [6.45, 7) is 4.09. The van der Waals surface area contributed by atoms with Crippen molar-refractivity contribution in [1.82, 2.24) is 0 Å². The van der Waals surface area contributed by atoms with E-state index in [0.717, 1.165) is 33.7 Å². The predicted octanol–water partition coefficient (Wildman–Crippen LogP) is 3.89. The van der Waals surface area contributed by atoms with Crippen LogP contribution in [0.15, 0.2) is 35.5 Å². The molecule has 0 spiro atoms. The summed E-state index contributed by atoms with van der Waals surface area (Å²) < 4.78 is 10.5. The number of methoxy groups -OCH3 is 2. The van der Waals surface area contributed by atoms with Gasteiger partial charge in [-0.1, -0.05) is 11.2 Å². The van der Waals surface area contributed by atoms with E-state index in [1.54, 1.807) is 19.2 Å². The number of hydrogen-bond acceptors (Lipinski definition) is 5. The van der Waals surface area contributed by atoms with Gasteiger partial charge in [0.25, 0.3) is 0 Å². The third-order valence-corrected chi connectivity index (χ3v) is 4.42. The molecule has 126 valence electrons.